The van der Waals surface area contributed by atoms with E-state index in [-0.39, 0.29) is 16.8 Å². The summed E-state index contributed by atoms with van der Waals surface area (Å²) in [6.07, 6.45) is 10.6. The van der Waals surface area contributed by atoms with Crippen molar-refractivity contribution in [1.29, 1.82) is 0 Å². The SMILES string of the molecule is CC1=CC(C)(C)N(CCCOC=O)c2cc3c(cc21)C(c1n(CCCCS(=O)(=O)O)cc[n+]1C)=c1cc2c(cc1C3(C)C)=[N+](Cc1ccccc1)C(C)(C)C=C2C.O=S(=O)=O. The number of fused-ring (bicyclic) bond motifs is 4. The summed E-state index contributed by atoms with van der Waals surface area (Å²) in [6.45, 7) is 21.2. The van der Waals surface area contributed by atoms with E-state index in [1.807, 2.05) is 0 Å². The van der Waals surface area contributed by atoms with Crippen molar-refractivity contribution in [3.63, 3.8) is 0 Å². The predicted molar refractivity (Wildman–Crippen MR) is 238 cm³/mol. The first-order valence-electron chi connectivity index (χ1n) is 20.6. The maximum atomic E-state index is 11.6. The minimum Gasteiger partial charge on any atom is -0.468 e. The van der Waals surface area contributed by atoms with Gasteiger partial charge in [0, 0.05) is 54.3 Å². The lowest BCUT2D eigenvalue weighted by atomic mass is 9.68. The summed E-state index contributed by atoms with van der Waals surface area (Å²) in [6, 6.07) is 20.4. The van der Waals surface area contributed by atoms with Crippen LogP contribution in [0.5, 0.6) is 0 Å². The molecule has 4 aromatic rings. The molecular formula is C47H58N4O8S2+2. The number of carbonyl (C=O) groups is 1. The van der Waals surface area contributed by atoms with Crippen LogP contribution in [0, 0.1) is 0 Å². The van der Waals surface area contributed by atoms with Gasteiger partial charge in [-0.2, -0.15) is 8.42 Å². The van der Waals surface area contributed by atoms with Crippen LogP contribution in [0.2, 0.25) is 0 Å². The average Bonchev–Trinajstić information content (AvgIpc) is 3.52. The van der Waals surface area contributed by atoms with Crippen molar-refractivity contribution >= 4 is 49.6 Å². The van der Waals surface area contributed by atoms with Crippen LogP contribution in [0.3, 0.4) is 0 Å². The number of aryl methyl sites for hydroxylation is 2. The molecular weight excluding hydrogens is 813 g/mol. The largest absolute Gasteiger partial charge is 0.468 e. The number of ether oxygens (including phenoxy) is 1. The fourth-order valence-electron chi connectivity index (χ4n) is 9.63. The lowest BCUT2D eigenvalue weighted by Crippen LogP contribution is -2.50. The summed E-state index contributed by atoms with van der Waals surface area (Å²) in [5.74, 6) is 0.783. The molecule has 0 atom stereocenters. The molecule has 0 saturated carbocycles. The standard InChI is InChI=1S/C47H57N4O5S.O3S/c1-32-28-45(3,4)50(19-15-22-56-31-52)41-26-39-37(24-35(32)41)43(44-48(9)20-21-49(44)18-13-14-23-57(53,54)55)38-25-36-33(2)29-46(5,6)51(30-34-16-11-10-12-17-34)42(36)27-40(38)47(39,7)8;1-4(2)3/h10-12,16-17,20-21,24-29,31H,13-15,18-19,22-23,30H2,1-9H3;/q+1;/p+1. The molecule has 0 amide bonds. The molecule has 3 aromatic carbocycles. The molecule has 1 aliphatic carbocycles. The molecule has 0 radical (unpaired) electrons. The van der Waals surface area contributed by atoms with Crippen LogP contribution >= 0.6 is 0 Å². The Balaban J connectivity index is 0.00000149. The summed E-state index contributed by atoms with van der Waals surface area (Å²) < 4.78 is 70.1. The number of aromatic nitrogens is 2. The van der Waals surface area contributed by atoms with E-state index < -0.39 is 26.1 Å². The average molecular weight is 871 g/mol. The Bertz CT molecular complexity index is 2800. The summed E-state index contributed by atoms with van der Waals surface area (Å²) in [5.41, 5.74) is 11.2. The maximum Gasteiger partial charge on any atom is 0.425 e. The lowest BCUT2D eigenvalue weighted by Gasteiger charge is -2.45. The molecule has 3 aliphatic rings. The molecule has 0 fully saturated rings. The third-order valence-electron chi connectivity index (χ3n) is 12.4. The van der Waals surface area contributed by atoms with Crippen LogP contribution in [-0.2, 0) is 55.8 Å². The van der Waals surface area contributed by atoms with Crippen molar-refractivity contribution < 1.29 is 39.7 Å². The molecule has 0 saturated heterocycles. The zero-order valence-electron chi connectivity index (χ0n) is 36.7. The van der Waals surface area contributed by atoms with E-state index in [1.165, 1.54) is 60.8 Å². The Morgan fingerprint density at radius 1 is 0.836 bits per heavy atom. The second-order valence-electron chi connectivity index (χ2n) is 18.0. The van der Waals surface area contributed by atoms with Crippen molar-refractivity contribution in [1.82, 2.24) is 9.14 Å². The number of anilines is 1. The third-order valence-corrected chi connectivity index (χ3v) is 13.2. The quantitative estimate of drug-likeness (QED) is 0.0818. The van der Waals surface area contributed by atoms with E-state index in [4.69, 9.17) is 17.4 Å². The van der Waals surface area contributed by atoms with Gasteiger partial charge in [0.15, 0.2) is 12.1 Å². The topological polar surface area (TPSA) is 147 Å². The van der Waals surface area contributed by atoms with Crippen LogP contribution in [0.25, 0.3) is 16.7 Å². The van der Waals surface area contributed by atoms with E-state index in [1.54, 1.807) is 0 Å². The van der Waals surface area contributed by atoms with Crippen molar-refractivity contribution in [3.8, 4) is 0 Å². The number of hydrogen-bond acceptors (Lipinski definition) is 8. The number of unbranched alkanes of at least 4 members (excludes halogenated alkanes) is 1. The van der Waals surface area contributed by atoms with Gasteiger partial charge in [0.05, 0.1) is 37.1 Å². The molecule has 14 heteroatoms. The number of imidazole rings is 1. The first-order valence-corrected chi connectivity index (χ1v) is 23.2. The summed E-state index contributed by atoms with van der Waals surface area (Å²) >= 11 is 0. The van der Waals surface area contributed by atoms with Gasteiger partial charge in [-0.15, -0.1) is 12.6 Å². The molecule has 324 valence electrons. The molecule has 0 unspecified atom stereocenters. The minimum absolute atomic E-state index is 0.226. The first kappa shape index (κ1) is 45.3. The fourth-order valence-corrected chi connectivity index (χ4v) is 10.2. The number of hydrogen-bond donors (Lipinski definition) is 1. The molecule has 12 nitrogen and oxygen atoms in total. The minimum atomic E-state index is -4.04. The van der Waals surface area contributed by atoms with E-state index in [0.717, 1.165) is 24.5 Å². The number of benzene rings is 3. The van der Waals surface area contributed by atoms with Crippen molar-refractivity contribution in [3.05, 3.63) is 129 Å². The second kappa shape index (κ2) is 17.3. The van der Waals surface area contributed by atoms with Gasteiger partial charge in [-0.25, -0.2) is 13.7 Å². The highest BCUT2D eigenvalue weighted by Crippen LogP contribution is 2.47. The van der Waals surface area contributed by atoms with E-state index in [2.05, 4.69) is 160 Å². The third kappa shape index (κ3) is 9.36. The predicted octanol–water partition coefficient (Wildman–Crippen LogP) is 5.31. The van der Waals surface area contributed by atoms with Gasteiger partial charge in [0.2, 0.25) is 5.36 Å². The van der Waals surface area contributed by atoms with Gasteiger partial charge in [0.25, 0.3) is 22.4 Å². The zero-order chi connectivity index (χ0) is 44.7. The summed E-state index contributed by atoms with van der Waals surface area (Å²) in [7, 11) is -5.07. The van der Waals surface area contributed by atoms with Gasteiger partial charge in [0.1, 0.15) is 12.4 Å². The number of carbonyl (C=O) groups excluding carboxylic acids is 1. The van der Waals surface area contributed by atoms with Gasteiger partial charge in [-0.1, -0.05) is 50.3 Å². The Labute approximate surface area is 361 Å². The number of allylic oxidation sites excluding steroid dienone is 2. The van der Waals surface area contributed by atoms with Crippen LogP contribution < -0.4 is 24.6 Å². The summed E-state index contributed by atoms with van der Waals surface area (Å²) in [4.78, 5) is 13.5. The highest BCUT2D eigenvalue weighted by Gasteiger charge is 2.42. The van der Waals surface area contributed by atoms with Crippen molar-refractivity contribution in [2.75, 3.05) is 23.8 Å². The second-order valence-corrected chi connectivity index (χ2v) is 19.9. The number of rotatable bonds is 13. The molecule has 3 heterocycles. The van der Waals surface area contributed by atoms with E-state index >= 15 is 0 Å². The van der Waals surface area contributed by atoms with Gasteiger partial charge in [-0.05, 0) is 104 Å². The Morgan fingerprint density at radius 3 is 2.16 bits per heavy atom. The van der Waals surface area contributed by atoms with E-state index in [9.17, 15) is 17.8 Å². The Morgan fingerprint density at radius 2 is 1.51 bits per heavy atom. The molecule has 61 heavy (non-hydrogen) atoms. The van der Waals surface area contributed by atoms with Gasteiger partial charge < -0.3 is 9.64 Å². The Kier molecular flexibility index (Phi) is 12.9. The summed E-state index contributed by atoms with van der Waals surface area (Å²) in [5, 5.41) is 2.41. The van der Waals surface area contributed by atoms with Crippen LogP contribution in [0.1, 0.15) is 114 Å². The zero-order valence-corrected chi connectivity index (χ0v) is 38.3. The molecule has 0 spiro atoms. The normalized spacial score (nSPS) is 16.8. The fraction of sp³-hybridized carbons (Fsp3) is 0.426. The highest BCUT2D eigenvalue weighted by molar-refractivity contribution is 7.85. The molecule has 7 rings (SSSR count). The smallest absolute Gasteiger partial charge is 0.425 e. The van der Waals surface area contributed by atoms with Gasteiger partial charge in [-0.3, -0.25) is 9.35 Å². The monoisotopic (exact) mass is 870 g/mol. The maximum absolute atomic E-state index is 11.6. The van der Waals surface area contributed by atoms with Crippen molar-refractivity contribution in [2.24, 2.45) is 7.05 Å². The van der Waals surface area contributed by atoms with Crippen LogP contribution in [-0.4, -0.2) is 66.6 Å². The number of nitrogens with zero attached hydrogens (tertiary/aromatic N) is 4. The molecule has 0 bridgehead atoms. The lowest BCUT2D eigenvalue weighted by molar-refractivity contribution is -0.673. The first-order chi connectivity index (χ1) is 28.6. The highest BCUT2D eigenvalue weighted by atomic mass is 32.2. The van der Waals surface area contributed by atoms with E-state index in [0.29, 0.717) is 38.9 Å². The molecule has 1 N–H and O–H groups in total. The Hall–Kier alpha value is -5.18. The van der Waals surface area contributed by atoms with Crippen molar-refractivity contribution in [2.45, 2.75) is 104 Å². The molecule has 2 aliphatic heterocycles. The van der Waals surface area contributed by atoms with Crippen LogP contribution in [0.15, 0.2) is 79.1 Å². The van der Waals surface area contributed by atoms with Gasteiger partial charge >= 0.3 is 10.6 Å². The van der Waals surface area contributed by atoms with Crippen LogP contribution in [0.4, 0.5) is 5.69 Å². The molecule has 1 aromatic heterocycles.